The van der Waals surface area contributed by atoms with E-state index < -0.39 is 11.9 Å². The van der Waals surface area contributed by atoms with Gasteiger partial charge in [-0.1, -0.05) is 73.6 Å². The summed E-state index contributed by atoms with van der Waals surface area (Å²) in [5.41, 5.74) is 0.0414. The number of phenolic OH excluding ortho intramolecular Hbond substituents is 1. The normalized spacial score (nSPS) is 10.9. The van der Waals surface area contributed by atoms with Crippen molar-refractivity contribution in [3.8, 4) is 28.7 Å². The Hall–Kier alpha value is -3.65. The average molecular weight is 632 g/mol. The first-order valence-corrected chi connectivity index (χ1v) is 14.6. The van der Waals surface area contributed by atoms with Gasteiger partial charge >= 0.3 is 11.9 Å². The van der Waals surface area contributed by atoms with Crippen LogP contribution in [0.4, 0.5) is 0 Å². The minimum atomic E-state index is -0.869. The van der Waals surface area contributed by atoms with Gasteiger partial charge in [-0.2, -0.15) is 0 Å². The van der Waals surface area contributed by atoms with E-state index in [1.807, 2.05) is 13.8 Å². The SMILES string of the molecule is CCCCOc1c(OCCCC)c(OC(=O)c2ccccc2Cl)c2ccc(Cl)cc2c1OC(=O)c1ccc(Cl)cc1O. The number of benzene rings is 4. The molecule has 0 heterocycles. The van der Waals surface area contributed by atoms with Gasteiger partial charge in [-0.05, 0) is 61.4 Å². The molecule has 0 saturated carbocycles. The predicted molar refractivity (Wildman–Crippen MR) is 164 cm³/mol. The Balaban J connectivity index is 1.95. The molecule has 0 atom stereocenters. The van der Waals surface area contributed by atoms with Crippen molar-refractivity contribution in [3.63, 3.8) is 0 Å². The number of unbranched alkanes of at least 4 members (excludes halogenated alkanes) is 2. The van der Waals surface area contributed by atoms with Gasteiger partial charge in [-0.25, -0.2) is 9.59 Å². The minimum absolute atomic E-state index is 0.00741. The third-order valence-electron chi connectivity index (χ3n) is 6.24. The number of phenols is 1. The summed E-state index contributed by atoms with van der Waals surface area (Å²) < 4.78 is 24.2. The Morgan fingerprint density at radius 3 is 1.81 bits per heavy atom. The molecule has 0 amide bonds. The molecule has 7 nitrogen and oxygen atoms in total. The predicted octanol–water partition coefficient (Wildman–Crippen LogP) is 9.30. The summed E-state index contributed by atoms with van der Waals surface area (Å²) in [6.45, 7) is 4.53. The fourth-order valence-corrected chi connectivity index (χ4v) is 4.61. The highest BCUT2D eigenvalue weighted by Crippen LogP contribution is 2.52. The highest BCUT2D eigenvalue weighted by Gasteiger charge is 2.29. The first-order chi connectivity index (χ1) is 20.2. The molecule has 4 rings (SSSR count). The zero-order valence-corrected chi connectivity index (χ0v) is 25.3. The lowest BCUT2D eigenvalue weighted by Crippen LogP contribution is -2.14. The van der Waals surface area contributed by atoms with Gasteiger partial charge in [0.05, 0.1) is 23.8 Å². The van der Waals surface area contributed by atoms with Crippen LogP contribution in [0.25, 0.3) is 10.8 Å². The molecule has 0 unspecified atom stereocenters. The lowest BCUT2D eigenvalue weighted by molar-refractivity contribution is 0.0709. The van der Waals surface area contributed by atoms with Gasteiger partial charge in [-0.3, -0.25) is 0 Å². The number of esters is 2. The molecule has 4 aromatic carbocycles. The maximum absolute atomic E-state index is 13.4. The van der Waals surface area contributed by atoms with Crippen LogP contribution in [-0.4, -0.2) is 30.3 Å². The summed E-state index contributed by atoms with van der Waals surface area (Å²) in [6.07, 6.45) is 3.04. The maximum Gasteiger partial charge on any atom is 0.347 e. The van der Waals surface area contributed by atoms with Crippen LogP contribution in [0.1, 0.15) is 60.2 Å². The van der Waals surface area contributed by atoms with Crippen LogP contribution in [0.2, 0.25) is 15.1 Å². The van der Waals surface area contributed by atoms with Crippen LogP contribution in [0.15, 0.2) is 60.7 Å². The van der Waals surface area contributed by atoms with Crippen LogP contribution in [0.3, 0.4) is 0 Å². The van der Waals surface area contributed by atoms with Crippen molar-refractivity contribution >= 4 is 57.5 Å². The molecule has 0 fully saturated rings. The van der Waals surface area contributed by atoms with E-state index in [0.29, 0.717) is 28.6 Å². The smallest absolute Gasteiger partial charge is 0.347 e. The monoisotopic (exact) mass is 630 g/mol. The Kier molecular flexibility index (Phi) is 10.8. The van der Waals surface area contributed by atoms with Gasteiger partial charge in [-0.15, -0.1) is 0 Å². The Morgan fingerprint density at radius 2 is 1.21 bits per heavy atom. The molecule has 0 saturated heterocycles. The molecule has 0 bridgehead atoms. The zero-order chi connectivity index (χ0) is 30.2. The summed E-state index contributed by atoms with van der Waals surface area (Å²) in [6, 6.07) is 15.4. The van der Waals surface area contributed by atoms with Crippen LogP contribution in [0, 0.1) is 0 Å². The molecule has 0 aromatic heterocycles. The highest BCUT2D eigenvalue weighted by molar-refractivity contribution is 6.33. The van der Waals surface area contributed by atoms with Gasteiger partial charge in [0.25, 0.3) is 0 Å². The first kappa shape index (κ1) is 31.3. The summed E-state index contributed by atoms with van der Waals surface area (Å²) >= 11 is 18.6. The minimum Gasteiger partial charge on any atom is -0.507 e. The second kappa shape index (κ2) is 14.5. The summed E-state index contributed by atoms with van der Waals surface area (Å²) in [5.74, 6) is -1.75. The fraction of sp³-hybridized carbons (Fsp3) is 0.250. The Bertz CT molecular complexity index is 1600. The van der Waals surface area contributed by atoms with Gasteiger partial charge in [0.15, 0.2) is 11.5 Å². The topological polar surface area (TPSA) is 91.3 Å². The molecular formula is C32H29Cl3O7. The van der Waals surface area contributed by atoms with Crippen LogP contribution >= 0.6 is 34.8 Å². The lowest BCUT2D eigenvalue weighted by atomic mass is 10.1. The van der Waals surface area contributed by atoms with E-state index in [1.165, 1.54) is 18.2 Å². The summed E-state index contributed by atoms with van der Waals surface area (Å²) in [5, 5.41) is 11.9. The molecule has 220 valence electrons. The summed E-state index contributed by atoms with van der Waals surface area (Å²) in [7, 11) is 0. The Labute approximate surface area is 258 Å². The third kappa shape index (κ3) is 7.21. The Morgan fingerprint density at radius 1 is 0.667 bits per heavy atom. The third-order valence-corrected chi connectivity index (χ3v) is 7.04. The molecule has 1 N–H and O–H groups in total. The first-order valence-electron chi connectivity index (χ1n) is 13.5. The molecular weight excluding hydrogens is 603 g/mol. The van der Waals surface area contributed by atoms with E-state index >= 15 is 0 Å². The molecule has 4 aromatic rings. The molecule has 0 radical (unpaired) electrons. The zero-order valence-electron chi connectivity index (χ0n) is 23.0. The average Bonchev–Trinajstić information content (AvgIpc) is 2.96. The van der Waals surface area contributed by atoms with Crippen LogP contribution < -0.4 is 18.9 Å². The van der Waals surface area contributed by atoms with Crippen LogP contribution in [0.5, 0.6) is 28.7 Å². The van der Waals surface area contributed by atoms with Crippen molar-refractivity contribution < 1.29 is 33.6 Å². The molecule has 0 aliphatic rings. The number of hydrogen-bond acceptors (Lipinski definition) is 7. The molecule has 10 heteroatoms. The van der Waals surface area contributed by atoms with Crippen molar-refractivity contribution in [3.05, 3.63) is 86.9 Å². The van der Waals surface area contributed by atoms with Gasteiger partial charge in [0.1, 0.15) is 11.3 Å². The number of carbonyl (C=O) groups is 2. The van der Waals surface area contributed by atoms with Crippen molar-refractivity contribution in [1.82, 2.24) is 0 Å². The second-order valence-electron chi connectivity index (χ2n) is 9.33. The van der Waals surface area contributed by atoms with E-state index in [1.54, 1.807) is 42.5 Å². The number of ether oxygens (including phenoxy) is 4. The molecule has 0 spiro atoms. The number of carbonyl (C=O) groups excluding carboxylic acids is 2. The number of aromatic hydroxyl groups is 1. The van der Waals surface area contributed by atoms with Crippen molar-refractivity contribution in [2.24, 2.45) is 0 Å². The number of halogens is 3. The number of hydrogen-bond donors (Lipinski definition) is 1. The molecule has 0 aliphatic heterocycles. The van der Waals surface area contributed by atoms with Crippen molar-refractivity contribution in [2.75, 3.05) is 13.2 Å². The maximum atomic E-state index is 13.4. The number of rotatable bonds is 12. The quantitative estimate of drug-likeness (QED) is 0.0946. The van der Waals surface area contributed by atoms with Crippen molar-refractivity contribution in [1.29, 1.82) is 0 Å². The van der Waals surface area contributed by atoms with Gasteiger partial charge in [0.2, 0.25) is 11.5 Å². The standard InChI is InChI=1S/C32H29Cl3O7/c1-3-5-15-39-29-27(41-31(37)22-9-7-8-10-25(22)35)21-13-11-19(33)17-24(21)28(30(29)40-16-6-4-2)42-32(38)23-14-12-20(34)18-26(23)36/h7-14,17-18,36H,3-6,15-16H2,1-2H3. The largest absolute Gasteiger partial charge is 0.507 e. The summed E-state index contributed by atoms with van der Waals surface area (Å²) in [4.78, 5) is 26.7. The number of fused-ring (bicyclic) bond motifs is 1. The van der Waals surface area contributed by atoms with Gasteiger partial charge < -0.3 is 24.1 Å². The lowest BCUT2D eigenvalue weighted by Gasteiger charge is -2.22. The van der Waals surface area contributed by atoms with Crippen molar-refractivity contribution in [2.45, 2.75) is 39.5 Å². The highest BCUT2D eigenvalue weighted by atomic mass is 35.5. The van der Waals surface area contributed by atoms with E-state index in [2.05, 4.69) is 0 Å². The van der Waals surface area contributed by atoms with E-state index in [4.69, 9.17) is 53.8 Å². The van der Waals surface area contributed by atoms with Crippen LogP contribution in [-0.2, 0) is 0 Å². The van der Waals surface area contributed by atoms with E-state index in [9.17, 15) is 14.7 Å². The van der Waals surface area contributed by atoms with Gasteiger partial charge in [0, 0.05) is 20.8 Å². The fourth-order valence-electron chi connectivity index (χ4n) is 4.05. The molecule has 0 aliphatic carbocycles. The second-order valence-corrected chi connectivity index (χ2v) is 10.6. The van der Waals surface area contributed by atoms with E-state index in [-0.39, 0.29) is 63.1 Å². The van der Waals surface area contributed by atoms with E-state index in [0.717, 1.165) is 12.8 Å². The molecule has 42 heavy (non-hydrogen) atoms.